The molecule has 1 saturated heterocycles. The van der Waals surface area contributed by atoms with E-state index in [0.29, 0.717) is 18.0 Å². The molecule has 0 bridgehead atoms. The van der Waals surface area contributed by atoms with Gasteiger partial charge in [-0.3, -0.25) is 0 Å². The van der Waals surface area contributed by atoms with Crippen molar-refractivity contribution in [2.45, 2.75) is 18.9 Å². The first-order chi connectivity index (χ1) is 12.1. The van der Waals surface area contributed by atoms with Gasteiger partial charge in [-0.2, -0.15) is 0 Å². The molecule has 1 unspecified atom stereocenters. The summed E-state index contributed by atoms with van der Waals surface area (Å²) in [7, 11) is 3.19. The van der Waals surface area contributed by atoms with Gasteiger partial charge in [-0.15, -0.1) is 0 Å². The summed E-state index contributed by atoms with van der Waals surface area (Å²) >= 11 is 0. The topological polar surface area (TPSA) is 50.8 Å². The Morgan fingerprint density at radius 3 is 2.72 bits per heavy atom. The summed E-state index contributed by atoms with van der Waals surface area (Å²) in [6.45, 7) is 0.611. The van der Waals surface area contributed by atoms with E-state index in [9.17, 15) is 9.18 Å². The van der Waals surface area contributed by atoms with Gasteiger partial charge in [0, 0.05) is 18.2 Å². The monoisotopic (exact) mass is 344 g/mol. The molecule has 2 aromatic carbocycles. The van der Waals surface area contributed by atoms with E-state index >= 15 is 0 Å². The molecule has 3 rings (SSSR count). The zero-order valence-corrected chi connectivity index (χ0v) is 14.3. The van der Waals surface area contributed by atoms with Gasteiger partial charge in [0.25, 0.3) is 0 Å². The molecular formula is C19H21FN2O3. The Hall–Kier alpha value is -2.76. The number of carbonyl (C=O) groups excluding carboxylic acids is 1. The molecule has 1 N–H and O–H groups in total. The summed E-state index contributed by atoms with van der Waals surface area (Å²) in [6, 6.07) is 11.3. The second-order valence-corrected chi connectivity index (χ2v) is 5.87. The summed E-state index contributed by atoms with van der Waals surface area (Å²) in [5, 5.41) is 2.66. The van der Waals surface area contributed by atoms with E-state index in [4.69, 9.17) is 9.47 Å². The lowest BCUT2D eigenvalue weighted by molar-refractivity contribution is 0.206. The van der Waals surface area contributed by atoms with Crippen molar-refractivity contribution in [2.75, 3.05) is 26.1 Å². The lowest BCUT2D eigenvalue weighted by atomic mass is 10.0. The standard InChI is InChI=1S/C19H21FN2O3/c1-24-13-9-10-14(18(12-13)25-2)17-8-5-11-22(17)19(23)21-16-7-4-3-6-15(16)20/h3-4,6-7,9-10,12,17H,5,8,11H2,1-2H3,(H,21,23). The highest BCUT2D eigenvalue weighted by Crippen LogP contribution is 2.39. The average molecular weight is 344 g/mol. The zero-order chi connectivity index (χ0) is 17.8. The maximum absolute atomic E-state index is 13.8. The first kappa shape index (κ1) is 17.1. The molecule has 1 heterocycles. The van der Waals surface area contributed by atoms with Gasteiger partial charge in [-0.25, -0.2) is 9.18 Å². The maximum atomic E-state index is 13.8. The number of nitrogens with one attached hydrogen (secondary N) is 1. The first-order valence-corrected chi connectivity index (χ1v) is 8.18. The van der Waals surface area contributed by atoms with Gasteiger partial charge >= 0.3 is 6.03 Å². The second kappa shape index (κ2) is 7.42. The van der Waals surface area contributed by atoms with Crippen LogP contribution in [-0.2, 0) is 0 Å². The van der Waals surface area contributed by atoms with Crippen molar-refractivity contribution in [3.05, 3.63) is 53.8 Å². The largest absolute Gasteiger partial charge is 0.497 e. The summed E-state index contributed by atoms with van der Waals surface area (Å²) in [4.78, 5) is 14.4. The van der Waals surface area contributed by atoms with Gasteiger partial charge in [0.2, 0.25) is 0 Å². The lowest BCUT2D eigenvalue weighted by Gasteiger charge is -2.26. The molecule has 0 saturated carbocycles. The Labute approximate surface area is 146 Å². The fraction of sp³-hybridized carbons (Fsp3) is 0.316. The highest BCUT2D eigenvalue weighted by atomic mass is 19.1. The number of likely N-dealkylation sites (tertiary alicyclic amines) is 1. The van der Waals surface area contributed by atoms with Gasteiger partial charge < -0.3 is 19.7 Å². The molecule has 0 aliphatic carbocycles. The Bertz CT molecular complexity index is 766. The van der Waals surface area contributed by atoms with Gasteiger partial charge in [0.05, 0.1) is 25.9 Å². The van der Waals surface area contributed by atoms with Crippen LogP contribution >= 0.6 is 0 Å². The van der Waals surface area contributed by atoms with Crippen molar-refractivity contribution < 1.29 is 18.7 Å². The van der Waals surface area contributed by atoms with E-state index in [-0.39, 0.29) is 17.8 Å². The number of ether oxygens (including phenoxy) is 2. The van der Waals surface area contributed by atoms with Crippen LogP contribution in [0.5, 0.6) is 11.5 Å². The van der Waals surface area contributed by atoms with Crippen molar-refractivity contribution in [2.24, 2.45) is 0 Å². The number of rotatable bonds is 4. The third-order valence-electron chi connectivity index (χ3n) is 4.43. The number of carbonyl (C=O) groups is 1. The molecule has 0 spiro atoms. The lowest BCUT2D eigenvalue weighted by Crippen LogP contribution is -2.34. The fourth-order valence-corrected chi connectivity index (χ4v) is 3.18. The van der Waals surface area contributed by atoms with E-state index < -0.39 is 5.82 Å². The number of anilines is 1. The summed E-state index contributed by atoms with van der Waals surface area (Å²) in [5.41, 5.74) is 1.10. The molecular weight excluding hydrogens is 323 g/mol. The van der Waals surface area contributed by atoms with E-state index in [1.807, 2.05) is 12.1 Å². The van der Waals surface area contributed by atoms with Crippen LogP contribution in [0, 0.1) is 5.82 Å². The number of benzene rings is 2. The molecule has 1 aliphatic heterocycles. The summed E-state index contributed by atoms with van der Waals surface area (Å²) in [5.74, 6) is 0.921. The van der Waals surface area contributed by atoms with Crippen LogP contribution in [0.4, 0.5) is 14.9 Å². The fourth-order valence-electron chi connectivity index (χ4n) is 3.18. The number of halogens is 1. The Morgan fingerprint density at radius 2 is 2.00 bits per heavy atom. The Morgan fingerprint density at radius 1 is 1.20 bits per heavy atom. The van der Waals surface area contributed by atoms with Crippen LogP contribution in [0.3, 0.4) is 0 Å². The third-order valence-corrected chi connectivity index (χ3v) is 4.43. The van der Waals surface area contributed by atoms with E-state index in [1.165, 1.54) is 6.07 Å². The van der Waals surface area contributed by atoms with Crippen molar-refractivity contribution in [3.63, 3.8) is 0 Å². The highest BCUT2D eigenvalue weighted by molar-refractivity contribution is 5.90. The number of amides is 2. The predicted octanol–water partition coefficient (Wildman–Crippen LogP) is 4.21. The maximum Gasteiger partial charge on any atom is 0.322 e. The van der Waals surface area contributed by atoms with Crippen molar-refractivity contribution >= 4 is 11.7 Å². The number of urea groups is 1. The van der Waals surface area contributed by atoms with Crippen LogP contribution in [0.1, 0.15) is 24.4 Å². The molecule has 0 radical (unpaired) electrons. The summed E-state index contributed by atoms with van der Waals surface area (Å²) < 4.78 is 24.5. The first-order valence-electron chi connectivity index (χ1n) is 8.18. The van der Waals surface area contributed by atoms with Crippen molar-refractivity contribution in [1.29, 1.82) is 0 Å². The minimum absolute atomic E-state index is 0.118. The Balaban J connectivity index is 1.83. The third kappa shape index (κ3) is 3.52. The van der Waals surface area contributed by atoms with E-state index in [2.05, 4.69) is 5.32 Å². The van der Waals surface area contributed by atoms with Crippen molar-refractivity contribution in [1.82, 2.24) is 4.90 Å². The molecule has 5 nitrogen and oxygen atoms in total. The Kier molecular flexibility index (Phi) is 5.07. The number of methoxy groups -OCH3 is 2. The highest BCUT2D eigenvalue weighted by Gasteiger charge is 2.32. The predicted molar refractivity (Wildman–Crippen MR) is 93.6 cm³/mol. The smallest absolute Gasteiger partial charge is 0.322 e. The minimum Gasteiger partial charge on any atom is -0.497 e. The number of nitrogens with zero attached hydrogens (tertiary/aromatic N) is 1. The molecule has 2 aromatic rings. The van der Waals surface area contributed by atoms with Gasteiger partial charge in [0.1, 0.15) is 17.3 Å². The van der Waals surface area contributed by atoms with Crippen LogP contribution in [-0.4, -0.2) is 31.7 Å². The summed E-state index contributed by atoms with van der Waals surface area (Å²) in [6.07, 6.45) is 1.71. The molecule has 132 valence electrons. The number of para-hydroxylation sites is 1. The molecule has 1 atom stereocenters. The van der Waals surface area contributed by atoms with Crippen LogP contribution in [0.15, 0.2) is 42.5 Å². The van der Waals surface area contributed by atoms with Gasteiger partial charge in [0.15, 0.2) is 0 Å². The second-order valence-electron chi connectivity index (χ2n) is 5.87. The van der Waals surface area contributed by atoms with Gasteiger partial charge in [-0.05, 0) is 37.1 Å². The quantitative estimate of drug-likeness (QED) is 0.904. The number of hydrogen-bond acceptors (Lipinski definition) is 3. The van der Waals surface area contributed by atoms with E-state index in [0.717, 1.165) is 18.4 Å². The normalized spacial score (nSPS) is 16.6. The molecule has 1 aliphatic rings. The van der Waals surface area contributed by atoms with Crippen LogP contribution in [0.25, 0.3) is 0 Å². The molecule has 1 fully saturated rings. The molecule has 25 heavy (non-hydrogen) atoms. The van der Waals surface area contributed by atoms with Crippen LogP contribution in [0.2, 0.25) is 0 Å². The van der Waals surface area contributed by atoms with Gasteiger partial charge in [-0.1, -0.05) is 12.1 Å². The minimum atomic E-state index is -0.450. The molecule has 0 aromatic heterocycles. The average Bonchev–Trinajstić information content (AvgIpc) is 3.12. The van der Waals surface area contributed by atoms with Crippen LogP contribution < -0.4 is 14.8 Å². The molecule has 2 amide bonds. The van der Waals surface area contributed by atoms with E-state index in [1.54, 1.807) is 43.4 Å². The zero-order valence-electron chi connectivity index (χ0n) is 14.3. The number of hydrogen-bond donors (Lipinski definition) is 1. The van der Waals surface area contributed by atoms with Crippen molar-refractivity contribution in [3.8, 4) is 11.5 Å². The molecule has 6 heteroatoms. The SMILES string of the molecule is COc1ccc(C2CCCN2C(=O)Nc2ccccc2F)c(OC)c1.